The van der Waals surface area contributed by atoms with Crippen molar-refractivity contribution >= 4 is 15.9 Å². The Morgan fingerprint density at radius 2 is 2.08 bits per heavy atom. The minimum atomic E-state index is -0.708. The summed E-state index contributed by atoms with van der Waals surface area (Å²) in [5.74, 6) is -1.73. The lowest BCUT2D eigenvalue weighted by molar-refractivity contribution is 0.159. The molecule has 4 nitrogen and oxygen atoms in total. The quantitative estimate of drug-likeness (QED) is 0.475. The predicted molar refractivity (Wildman–Crippen MR) is 46.1 cm³/mol. The molecule has 1 aromatic carbocycles. The van der Waals surface area contributed by atoms with Gasteiger partial charge in [-0.1, -0.05) is 0 Å². The largest absolute Gasteiger partial charge is 0.504 e. The smallest absolute Gasteiger partial charge is 0.163 e. The number of hydrogen-bond acceptors (Lipinski definition) is 4. The molecule has 0 aliphatic heterocycles. The van der Waals surface area contributed by atoms with Gasteiger partial charge in [-0.15, -0.1) is 0 Å². The lowest BCUT2D eigenvalue weighted by Gasteiger charge is -2.08. The molecule has 0 atom stereocenters. The lowest BCUT2D eigenvalue weighted by Crippen LogP contribution is -2.07. The molecule has 0 spiro atoms. The van der Waals surface area contributed by atoms with Crippen molar-refractivity contribution in [3.05, 3.63) is 21.9 Å². The van der Waals surface area contributed by atoms with Gasteiger partial charge in [0.2, 0.25) is 0 Å². The van der Waals surface area contributed by atoms with Crippen LogP contribution in [0.1, 0.15) is 5.56 Å². The highest BCUT2D eigenvalue weighted by Crippen LogP contribution is 2.36. The van der Waals surface area contributed by atoms with Crippen molar-refractivity contribution in [3.8, 4) is 11.5 Å². The van der Waals surface area contributed by atoms with Gasteiger partial charge < -0.3 is 15.4 Å². The standard InChI is InChI=1S/C7H7BrFNO3/c8-6-3(2-10-13)7(12)5(11)1-4(6)9/h1,10-13H,2H2. The maximum atomic E-state index is 12.9. The third-order valence-electron chi connectivity index (χ3n) is 1.52. The lowest BCUT2D eigenvalue weighted by atomic mass is 10.2. The molecule has 0 bridgehead atoms. The van der Waals surface area contributed by atoms with Gasteiger partial charge in [-0.25, -0.2) is 9.87 Å². The van der Waals surface area contributed by atoms with Crippen molar-refractivity contribution in [2.24, 2.45) is 0 Å². The molecule has 0 heterocycles. The summed E-state index contributed by atoms with van der Waals surface area (Å²) in [6.07, 6.45) is 0. The van der Waals surface area contributed by atoms with Gasteiger partial charge in [0, 0.05) is 11.6 Å². The van der Waals surface area contributed by atoms with Gasteiger partial charge >= 0.3 is 0 Å². The van der Waals surface area contributed by atoms with E-state index in [-0.39, 0.29) is 16.6 Å². The zero-order valence-corrected chi connectivity index (χ0v) is 7.97. The number of rotatable bonds is 2. The van der Waals surface area contributed by atoms with Gasteiger partial charge in [0.05, 0.1) is 11.0 Å². The second kappa shape index (κ2) is 3.91. The van der Waals surface area contributed by atoms with Crippen LogP contribution in [0.3, 0.4) is 0 Å². The van der Waals surface area contributed by atoms with E-state index in [4.69, 9.17) is 10.3 Å². The molecule has 6 heteroatoms. The SMILES string of the molecule is ONCc1c(O)c(O)cc(F)c1Br. The highest BCUT2D eigenvalue weighted by atomic mass is 79.9. The van der Waals surface area contributed by atoms with Crippen LogP contribution in [0.4, 0.5) is 4.39 Å². The molecule has 1 aromatic rings. The Bertz CT molecular complexity index is 306. The van der Waals surface area contributed by atoms with Crippen LogP contribution in [0, 0.1) is 5.82 Å². The van der Waals surface area contributed by atoms with Crippen LogP contribution in [0.5, 0.6) is 11.5 Å². The Kier molecular flexibility index (Phi) is 3.07. The molecule has 0 aliphatic rings. The zero-order chi connectivity index (χ0) is 10.0. The van der Waals surface area contributed by atoms with Gasteiger partial charge in [-0.3, -0.25) is 0 Å². The van der Waals surface area contributed by atoms with Crippen LogP contribution >= 0.6 is 15.9 Å². The summed E-state index contributed by atoms with van der Waals surface area (Å²) in [7, 11) is 0. The summed E-state index contributed by atoms with van der Waals surface area (Å²) in [4.78, 5) is 0. The summed E-state index contributed by atoms with van der Waals surface area (Å²) in [5.41, 5.74) is 1.81. The molecule has 0 saturated heterocycles. The number of phenols is 2. The Morgan fingerprint density at radius 1 is 1.46 bits per heavy atom. The van der Waals surface area contributed by atoms with E-state index in [2.05, 4.69) is 15.9 Å². The Labute approximate surface area is 81.7 Å². The Hall–Kier alpha value is -0.850. The topological polar surface area (TPSA) is 72.7 Å². The maximum absolute atomic E-state index is 12.9. The number of nitrogens with one attached hydrogen (secondary N) is 1. The van der Waals surface area contributed by atoms with Crippen molar-refractivity contribution < 1.29 is 19.8 Å². The van der Waals surface area contributed by atoms with Crippen LogP contribution in [-0.4, -0.2) is 15.4 Å². The number of hydrogen-bond donors (Lipinski definition) is 4. The minimum absolute atomic E-state index is 0.00403. The van der Waals surface area contributed by atoms with E-state index in [1.807, 2.05) is 0 Å². The molecule has 0 unspecified atom stereocenters. The van der Waals surface area contributed by atoms with Gasteiger partial charge in [0.25, 0.3) is 0 Å². The molecule has 0 fully saturated rings. The molecular weight excluding hydrogens is 245 g/mol. The second-order valence-corrected chi connectivity index (χ2v) is 3.15. The number of phenolic OH excluding ortho intramolecular Hbond substituents is 2. The fourth-order valence-electron chi connectivity index (χ4n) is 0.895. The number of hydroxylamine groups is 1. The molecule has 0 aromatic heterocycles. The molecular formula is C7H7BrFNO3. The van der Waals surface area contributed by atoms with Gasteiger partial charge in [-0.2, -0.15) is 0 Å². The monoisotopic (exact) mass is 251 g/mol. The predicted octanol–water partition coefficient (Wildman–Crippen LogP) is 1.48. The highest BCUT2D eigenvalue weighted by molar-refractivity contribution is 9.10. The molecule has 0 radical (unpaired) electrons. The molecule has 4 N–H and O–H groups in total. The summed E-state index contributed by atoms with van der Waals surface area (Å²) >= 11 is 2.87. The minimum Gasteiger partial charge on any atom is -0.504 e. The van der Waals surface area contributed by atoms with E-state index in [0.717, 1.165) is 6.07 Å². The summed E-state index contributed by atoms with van der Waals surface area (Å²) in [5, 5.41) is 26.6. The summed E-state index contributed by atoms with van der Waals surface area (Å²) in [6, 6.07) is 0.778. The molecule has 72 valence electrons. The Morgan fingerprint density at radius 3 is 2.62 bits per heavy atom. The average Bonchev–Trinajstić information content (AvgIpc) is 2.09. The normalized spacial score (nSPS) is 10.4. The first kappa shape index (κ1) is 10.2. The summed E-state index contributed by atoms with van der Waals surface area (Å²) < 4.78 is 12.9. The van der Waals surface area contributed by atoms with E-state index in [0.29, 0.717) is 0 Å². The average molecular weight is 252 g/mol. The molecule has 1 rings (SSSR count). The number of aromatic hydroxyl groups is 2. The fourth-order valence-corrected chi connectivity index (χ4v) is 1.34. The van der Waals surface area contributed by atoms with Crippen LogP contribution < -0.4 is 5.48 Å². The van der Waals surface area contributed by atoms with E-state index >= 15 is 0 Å². The van der Waals surface area contributed by atoms with Crippen molar-refractivity contribution in [2.45, 2.75) is 6.54 Å². The Balaban J connectivity index is 3.28. The first-order chi connectivity index (χ1) is 6.07. The third-order valence-corrected chi connectivity index (χ3v) is 2.38. The van der Waals surface area contributed by atoms with Gasteiger partial charge in [0.1, 0.15) is 5.82 Å². The molecule has 0 amide bonds. The van der Waals surface area contributed by atoms with Crippen LogP contribution in [0.15, 0.2) is 10.5 Å². The number of halogens is 2. The van der Waals surface area contributed by atoms with E-state index in [1.165, 1.54) is 0 Å². The first-order valence-electron chi connectivity index (χ1n) is 3.33. The maximum Gasteiger partial charge on any atom is 0.163 e. The second-order valence-electron chi connectivity index (χ2n) is 2.35. The molecule has 0 saturated carbocycles. The molecule has 13 heavy (non-hydrogen) atoms. The van der Waals surface area contributed by atoms with Crippen LogP contribution in [-0.2, 0) is 6.54 Å². The van der Waals surface area contributed by atoms with E-state index in [1.54, 1.807) is 5.48 Å². The third kappa shape index (κ3) is 1.90. The van der Waals surface area contributed by atoms with Crippen molar-refractivity contribution in [1.82, 2.24) is 5.48 Å². The van der Waals surface area contributed by atoms with Crippen molar-refractivity contribution in [3.63, 3.8) is 0 Å². The zero-order valence-electron chi connectivity index (χ0n) is 6.38. The van der Waals surface area contributed by atoms with Crippen molar-refractivity contribution in [1.29, 1.82) is 0 Å². The fraction of sp³-hybridized carbons (Fsp3) is 0.143. The van der Waals surface area contributed by atoms with Gasteiger partial charge in [0.15, 0.2) is 11.5 Å². The first-order valence-corrected chi connectivity index (χ1v) is 4.13. The van der Waals surface area contributed by atoms with Crippen LogP contribution in [0.2, 0.25) is 0 Å². The number of benzene rings is 1. The summed E-state index contributed by atoms with van der Waals surface area (Å²) in [6.45, 7) is -0.169. The highest BCUT2D eigenvalue weighted by Gasteiger charge is 2.14. The molecule has 0 aliphatic carbocycles. The van der Waals surface area contributed by atoms with Gasteiger partial charge in [-0.05, 0) is 15.9 Å². The van der Waals surface area contributed by atoms with Crippen LogP contribution in [0.25, 0.3) is 0 Å². The van der Waals surface area contributed by atoms with E-state index in [9.17, 15) is 9.50 Å². The van der Waals surface area contributed by atoms with Crippen molar-refractivity contribution in [2.75, 3.05) is 0 Å². The van der Waals surface area contributed by atoms with E-state index < -0.39 is 17.3 Å².